The van der Waals surface area contributed by atoms with Crippen molar-refractivity contribution in [3.8, 4) is 5.75 Å². The first-order valence-electron chi connectivity index (χ1n) is 7.03. The summed E-state index contributed by atoms with van der Waals surface area (Å²) in [4.78, 5) is 4.10. The first kappa shape index (κ1) is 21.1. The van der Waals surface area contributed by atoms with Gasteiger partial charge in [0.15, 0.2) is 11.7 Å². The van der Waals surface area contributed by atoms with Gasteiger partial charge in [-0.05, 0) is 19.1 Å². The van der Waals surface area contributed by atoms with E-state index in [1.165, 1.54) is 12.1 Å². The third-order valence-electron chi connectivity index (χ3n) is 2.59. The first-order valence-corrected chi connectivity index (χ1v) is 9.88. The number of guanidine groups is 1. The first-order chi connectivity index (χ1) is 11.2. The van der Waals surface area contributed by atoms with Crippen molar-refractivity contribution in [2.45, 2.75) is 6.92 Å². The van der Waals surface area contributed by atoms with Crippen LogP contribution in [0.25, 0.3) is 0 Å². The second-order valence-corrected chi connectivity index (χ2v) is 7.59. The van der Waals surface area contributed by atoms with Crippen molar-refractivity contribution in [2.24, 2.45) is 10.1 Å². The molecule has 1 aromatic rings. The van der Waals surface area contributed by atoms with Gasteiger partial charge in [-0.3, -0.25) is 4.99 Å². The Hall–Kier alpha value is -0.930. The van der Waals surface area contributed by atoms with Crippen molar-refractivity contribution < 1.29 is 13.2 Å². The molecule has 0 aromatic heterocycles. The van der Waals surface area contributed by atoms with E-state index in [4.69, 9.17) is 44.7 Å². The van der Waals surface area contributed by atoms with Crippen molar-refractivity contribution in [3.63, 3.8) is 0 Å². The standard InChI is InChI=1S/C13H19Cl3N4O3S/c1-2-18-13(20-4-6-24(17,21)22)19-3-5-23-12-10(15)7-9(14)8-11(12)16/h7-8H,2-6H2,1H3,(H2,17,21,22)(H2,18,19,20). The van der Waals surface area contributed by atoms with Crippen LogP contribution in [0.15, 0.2) is 17.1 Å². The number of sulfonamides is 1. The quantitative estimate of drug-likeness (QED) is 0.340. The van der Waals surface area contributed by atoms with Crippen LogP contribution in [0.2, 0.25) is 15.1 Å². The van der Waals surface area contributed by atoms with Crippen LogP contribution in [0.4, 0.5) is 0 Å². The van der Waals surface area contributed by atoms with Gasteiger partial charge >= 0.3 is 0 Å². The summed E-state index contributed by atoms with van der Waals surface area (Å²) in [6.45, 7) is 3.23. The molecule has 24 heavy (non-hydrogen) atoms. The van der Waals surface area contributed by atoms with Crippen LogP contribution < -0.4 is 20.5 Å². The van der Waals surface area contributed by atoms with E-state index in [-0.39, 0.29) is 18.9 Å². The highest BCUT2D eigenvalue weighted by atomic mass is 35.5. The van der Waals surface area contributed by atoms with Crippen LogP contribution in [-0.2, 0) is 10.0 Å². The van der Waals surface area contributed by atoms with Gasteiger partial charge in [-0.2, -0.15) is 0 Å². The Balaban J connectivity index is 2.50. The molecule has 0 radical (unpaired) electrons. The van der Waals surface area contributed by atoms with E-state index in [0.717, 1.165) is 0 Å². The van der Waals surface area contributed by atoms with E-state index >= 15 is 0 Å². The Bertz CT molecular complexity index is 660. The second-order valence-electron chi connectivity index (χ2n) is 4.60. The maximum atomic E-state index is 10.9. The van der Waals surface area contributed by atoms with Crippen LogP contribution in [0, 0.1) is 0 Å². The highest BCUT2D eigenvalue weighted by molar-refractivity contribution is 7.89. The highest BCUT2D eigenvalue weighted by Crippen LogP contribution is 2.35. The molecule has 136 valence electrons. The number of primary sulfonamides is 1. The smallest absolute Gasteiger partial charge is 0.210 e. The zero-order valence-electron chi connectivity index (χ0n) is 13.0. The molecule has 4 N–H and O–H groups in total. The number of halogens is 3. The second kappa shape index (κ2) is 10.1. The Morgan fingerprint density at radius 2 is 1.88 bits per heavy atom. The summed E-state index contributed by atoms with van der Waals surface area (Å²) in [5, 5.41) is 12.0. The van der Waals surface area contributed by atoms with E-state index in [1.54, 1.807) is 0 Å². The normalized spacial score (nSPS) is 12.1. The molecule has 0 spiro atoms. The van der Waals surface area contributed by atoms with E-state index in [0.29, 0.717) is 39.9 Å². The third-order valence-corrected chi connectivity index (χ3v) is 4.13. The zero-order valence-corrected chi connectivity index (χ0v) is 16.1. The minimum atomic E-state index is -3.54. The minimum Gasteiger partial charge on any atom is -0.489 e. The number of ether oxygens (including phenoxy) is 1. The Morgan fingerprint density at radius 1 is 1.25 bits per heavy atom. The summed E-state index contributed by atoms with van der Waals surface area (Å²) in [5.74, 6) is 0.578. The van der Waals surface area contributed by atoms with Crippen LogP contribution in [0.5, 0.6) is 5.75 Å². The molecule has 0 atom stereocenters. The predicted molar refractivity (Wildman–Crippen MR) is 98.9 cm³/mol. The molecule has 0 amide bonds. The summed E-state index contributed by atoms with van der Waals surface area (Å²) in [6, 6.07) is 3.08. The van der Waals surface area contributed by atoms with Crippen molar-refractivity contribution in [1.29, 1.82) is 0 Å². The number of aliphatic imine (C=N–C) groups is 1. The fraction of sp³-hybridized carbons (Fsp3) is 0.462. The van der Waals surface area contributed by atoms with Gasteiger partial charge in [-0.25, -0.2) is 13.6 Å². The lowest BCUT2D eigenvalue weighted by Crippen LogP contribution is -2.39. The fourth-order valence-electron chi connectivity index (χ4n) is 1.62. The maximum Gasteiger partial charge on any atom is 0.210 e. The molecule has 0 bridgehead atoms. The summed E-state index contributed by atoms with van der Waals surface area (Å²) < 4.78 is 27.3. The third kappa shape index (κ3) is 8.25. The molecule has 7 nitrogen and oxygen atoms in total. The average molecular weight is 418 g/mol. The molecule has 0 aliphatic heterocycles. The highest BCUT2D eigenvalue weighted by Gasteiger charge is 2.09. The summed E-state index contributed by atoms with van der Waals surface area (Å²) in [6.07, 6.45) is 0. The summed E-state index contributed by atoms with van der Waals surface area (Å²) in [7, 11) is -3.54. The number of nitrogens with one attached hydrogen (secondary N) is 2. The summed E-state index contributed by atoms with van der Waals surface area (Å²) >= 11 is 17.9. The average Bonchev–Trinajstić information content (AvgIpc) is 2.44. The molecule has 0 aliphatic carbocycles. The molecule has 0 fully saturated rings. The van der Waals surface area contributed by atoms with Crippen LogP contribution >= 0.6 is 34.8 Å². The molecule has 11 heteroatoms. The van der Waals surface area contributed by atoms with E-state index < -0.39 is 10.0 Å². The van der Waals surface area contributed by atoms with E-state index in [1.807, 2.05) is 6.92 Å². The van der Waals surface area contributed by atoms with Crippen molar-refractivity contribution in [2.75, 3.05) is 32.0 Å². The number of hydrogen-bond donors (Lipinski definition) is 3. The summed E-state index contributed by atoms with van der Waals surface area (Å²) in [5.41, 5.74) is 0. The van der Waals surface area contributed by atoms with Gasteiger partial charge in [-0.15, -0.1) is 0 Å². The topological polar surface area (TPSA) is 106 Å². The van der Waals surface area contributed by atoms with Crippen LogP contribution in [0.3, 0.4) is 0 Å². The van der Waals surface area contributed by atoms with Gasteiger partial charge in [0.2, 0.25) is 10.0 Å². The Morgan fingerprint density at radius 3 is 2.42 bits per heavy atom. The number of benzene rings is 1. The van der Waals surface area contributed by atoms with Crippen LogP contribution in [0.1, 0.15) is 6.92 Å². The predicted octanol–water partition coefficient (Wildman–Crippen LogP) is 1.87. The van der Waals surface area contributed by atoms with Gasteiger partial charge in [-0.1, -0.05) is 34.8 Å². The lowest BCUT2D eigenvalue weighted by Gasteiger charge is -2.13. The molecule has 0 saturated carbocycles. The van der Waals surface area contributed by atoms with Gasteiger partial charge in [0.1, 0.15) is 6.61 Å². The maximum absolute atomic E-state index is 10.9. The van der Waals surface area contributed by atoms with Crippen molar-refractivity contribution in [3.05, 3.63) is 27.2 Å². The number of hydrogen-bond acceptors (Lipinski definition) is 4. The van der Waals surface area contributed by atoms with E-state index in [9.17, 15) is 8.42 Å². The molecule has 1 rings (SSSR count). The zero-order chi connectivity index (χ0) is 18.2. The van der Waals surface area contributed by atoms with E-state index in [2.05, 4.69) is 15.6 Å². The number of rotatable bonds is 8. The van der Waals surface area contributed by atoms with Crippen LogP contribution in [-0.4, -0.2) is 46.4 Å². The van der Waals surface area contributed by atoms with Gasteiger partial charge in [0.25, 0.3) is 0 Å². The molecular formula is C13H19Cl3N4O3S. The minimum absolute atomic E-state index is 0.0594. The van der Waals surface area contributed by atoms with Crippen molar-refractivity contribution in [1.82, 2.24) is 10.6 Å². The monoisotopic (exact) mass is 416 g/mol. The number of nitrogens with zero attached hydrogens (tertiary/aromatic N) is 1. The van der Waals surface area contributed by atoms with Crippen molar-refractivity contribution >= 4 is 50.8 Å². The molecule has 0 heterocycles. The molecule has 0 aliphatic rings. The molecular weight excluding hydrogens is 399 g/mol. The Kier molecular flexibility index (Phi) is 8.93. The van der Waals surface area contributed by atoms with Gasteiger partial charge < -0.3 is 15.4 Å². The molecule has 0 unspecified atom stereocenters. The lowest BCUT2D eigenvalue weighted by molar-refractivity contribution is 0.322. The Labute approximate surface area is 156 Å². The number of nitrogens with two attached hydrogens (primary N) is 1. The molecule has 0 saturated heterocycles. The van der Waals surface area contributed by atoms with Gasteiger partial charge in [0.05, 0.1) is 28.9 Å². The van der Waals surface area contributed by atoms with Gasteiger partial charge in [0, 0.05) is 11.6 Å². The SMILES string of the molecule is CCNC(=NCCS(N)(=O)=O)NCCOc1c(Cl)cc(Cl)cc1Cl. The molecule has 1 aromatic carbocycles. The fourth-order valence-corrected chi connectivity index (χ4v) is 2.89. The largest absolute Gasteiger partial charge is 0.489 e. The lowest BCUT2D eigenvalue weighted by atomic mass is 10.3.